The number of nitrogens with one attached hydrogen (secondary N) is 1. The Balaban J connectivity index is -0.000000115. The van der Waals surface area contributed by atoms with E-state index >= 15 is 0 Å². The van der Waals surface area contributed by atoms with Gasteiger partial charge in [-0.3, -0.25) is 33.7 Å². The summed E-state index contributed by atoms with van der Waals surface area (Å²) in [6.45, 7) is 14.4. The second kappa shape index (κ2) is 29.8. The molecule has 3 unspecified atom stereocenters. The maximum absolute atomic E-state index is 11.7. The van der Waals surface area contributed by atoms with Crippen molar-refractivity contribution in [3.05, 3.63) is 0 Å². The van der Waals surface area contributed by atoms with E-state index in [1.165, 1.54) is 4.90 Å². The van der Waals surface area contributed by atoms with E-state index in [2.05, 4.69) is 10.1 Å². The number of hydrogen-bond donors (Lipinski definition) is 5. The molecule has 0 aliphatic carbocycles. The molecule has 2 aliphatic rings. The minimum Gasteiger partial charge on any atom is -0.481 e. The molecule has 3 amide bonds. The van der Waals surface area contributed by atoms with Crippen LogP contribution in [0, 0.1) is 35.5 Å². The standard InChI is InChI=1S/C10H17NO2.C9H17NO4.C7H10O3.C2H7NO.3CH4.H2O/c1-4-5-11-9(12)6-8(7(2)3)10(11)13;1-6(2)7(9(13)14)5-8(12)10-3-4-11;1-4(2)5-3-6(8)10-7(5)9;3-1-2-4;;;;/h7-8H,4-6H2,1-3H3;6-7,11H,3-5H2,1-2H3,(H,10,12)(H,13,14);4-5H,3H2,1-2H3;4H,1-3H2;3*1H4;1H2. The van der Waals surface area contributed by atoms with Gasteiger partial charge in [-0.2, -0.15) is 0 Å². The first kappa shape index (κ1) is 54.5. The third kappa shape index (κ3) is 22.3. The fourth-order valence-corrected chi connectivity index (χ4v) is 3.76. The number of likely N-dealkylation sites (tertiary alicyclic amines) is 1. The summed E-state index contributed by atoms with van der Waals surface area (Å²) >= 11 is 0. The minimum atomic E-state index is -0.959. The van der Waals surface area contributed by atoms with Gasteiger partial charge in [-0.05, 0) is 24.2 Å². The molecule has 2 rings (SSSR count). The lowest BCUT2D eigenvalue weighted by atomic mass is 9.92. The predicted molar refractivity (Wildman–Crippen MR) is 175 cm³/mol. The lowest BCUT2D eigenvalue weighted by Crippen LogP contribution is -2.32. The normalized spacial score (nSPS) is 17.0. The molecule has 14 heteroatoms. The number of esters is 2. The van der Waals surface area contributed by atoms with Gasteiger partial charge in [-0.1, -0.05) is 70.7 Å². The molecule has 2 saturated heterocycles. The number of ether oxygens (including phenoxy) is 1. The topological polar surface area (TPSA) is 245 Å². The number of aliphatic carboxylic acids is 1. The molecule has 8 N–H and O–H groups in total. The Hall–Kier alpha value is -2.94. The van der Waals surface area contributed by atoms with Crippen LogP contribution in [0.25, 0.3) is 0 Å². The fourth-order valence-electron chi connectivity index (χ4n) is 3.76. The summed E-state index contributed by atoms with van der Waals surface area (Å²) in [6, 6.07) is 0. The zero-order valence-corrected chi connectivity index (χ0v) is 26.1. The molecule has 0 saturated carbocycles. The van der Waals surface area contributed by atoms with Crippen LogP contribution in [-0.2, 0) is 33.5 Å². The number of carbonyl (C=O) groups is 6. The SMILES string of the molecule is C.C.C.CC(C)C(CC(=O)NCCO)C(=O)O.CC(C)C1CC(=O)OC1=O.CCCN1C(=O)CC(C(C)C)C1=O.NCCO.O. The summed E-state index contributed by atoms with van der Waals surface area (Å²) in [5, 5.41) is 27.4. The molecule has 0 spiro atoms. The van der Waals surface area contributed by atoms with Crippen LogP contribution in [0.5, 0.6) is 0 Å². The zero-order chi connectivity index (χ0) is 32.3. The van der Waals surface area contributed by atoms with Crippen molar-refractivity contribution < 1.29 is 54.3 Å². The highest BCUT2D eigenvalue weighted by atomic mass is 16.6. The minimum absolute atomic E-state index is 0. The Morgan fingerprint density at radius 1 is 0.933 bits per heavy atom. The Morgan fingerprint density at radius 2 is 1.42 bits per heavy atom. The zero-order valence-electron chi connectivity index (χ0n) is 26.1. The number of aliphatic hydroxyl groups excluding tert-OH is 2. The van der Waals surface area contributed by atoms with Gasteiger partial charge in [-0.25, -0.2) is 0 Å². The van der Waals surface area contributed by atoms with Crippen LogP contribution < -0.4 is 11.1 Å². The number of cyclic esters (lactones) is 2. The summed E-state index contributed by atoms with van der Waals surface area (Å²) in [6.07, 6.45) is 1.49. The molecule has 0 aromatic carbocycles. The summed E-state index contributed by atoms with van der Waals surface area (Å²) in [5.74, 6) is -2.53. The van der Waals surface area contributed by atoms with Crippen LogP contribution in [-0.4, -0.2) is 94.2 Å². The monoisotopic (exact) mass is 655 g/mol. The molecule has 14 nitrogen and oxygen atoms in total. The molecule has 0 radical (unpaired) electrons. The largest absolute Gasteiger partial charge is 0.481 e. The predicted octanol–water partition coefficient (Wildman–Crippen LogP) is 2.02. The Labute approximate surface area is 270 Å². The van der Waals surface area contributed by atoms with Gasteiger partial charge in [0, 0.05) is 38.4 Å². The number of rotatable bonds is 11. The maximum Gasteiger partial charge on any atom is 0.317 e. The summed E-state index contributed by atoms with van der Waals surface area (Å²) < 4.78 is 4.36. The number of nitrogens with zero attached hydrogens (tertiary/aromatic N) is 1. The van der Waals surface area contributed by atoms with Crippen molar-refractivity contribution in [1.82, 2.24) is 10.2 Å². The fraction of sp³-hybridized carbons (Fsp3) is 0.806. The lowest BCUT2D eigenvalue weighted by molar-refractivity contribution is -0.153. The lowest BCUT2D eigenvalue weighted by Gasteiger charge is -2.15. The first-order valence-electron chi connectivity index (χ1n) is 14.1. The number of aliphatic hydroxyl groups is 2. The molecule has 0 aromatic rings. The number of carbonyl (C=O) groups excluding carboxylic acids is 5. The van der Waals surface area contributed by atoms with Gasteiger partial charge in [0.05, 0.1) is 31.5 Å². The molecule has 0 bridgehead atoms. The highest BCUT2D eigenvalue weighted by Crippen LogP contribution is 2.26. The van der Waals surface area contributed by atoms with E-state index in [0.717, 1.165) is 6.42 Å². The third-order valence-electron chi connectivity index (χ3n) is 6.33. The van der Waals surface area contributed by atoms with Gasteiger partial charge in [0.15, 0.2) is 0 Å². The number of carboxylic acids is 1. The van der Waals surface area contributed by atoms with Crippen molar-refractivity contribution in [2.45, 2.75) is 96.4 Å². The van der Waals surface area contributed by atoms with Crippen LogP contribution in [0.1, 0.15) is 96.4 Å². The van der Waals surface area contributed by atoms with Crippen molar-refractivity contribution in [2.75, 3.05) is 32.8 Å². The van der Waals surface area contributed by atoms with Crippen molar-refractivity contribution in [2.24, 2.45) is 41.2 Å². The quantitative estimate of drug-likeness (QED) is 0.122. The van der Waals surface area contributed by atoms with E-state index < -0.39 is 11.9 Å². The third-order valence-corrected chi connectivity index (χ3v) is 6.33. The average Bonchev–Trinajstić information content (AvgIpc) is 3.39. The number of carboxylic acid groups (broad SMARTS) is 1. The Kier molecular flexibility index (Phi) is 36.1. The van der Waals surface area contributed by atoms with Crippen LogP contribution in [0.2, 0.25) is 0 Å². The van der Waals surface area contributed by atoms with Crippen LogP contribution >= 0.6 is 0 Å². The van der Waals surface area contributed by atoms with Gasteiger partial charge >= 0.3 is 17.9 Å². The summed E-state index contributed by atoms with van der Waals surface area (Å²) in [4.78, 5) is 67.6. The van der Waals surface area contributed by atoms with Gasteiger partial charge in [0.1, 0.15) is 0 Å². The van der Waals surface area contributed by atoms with E-state index in [4.69, 9.17) is 21.1 Å². The highest BCUT2D eigenvalue weighted by Gasteiger charge is 2.39. The van der Waals surface area contributed by atoms with Gasteiger partial charge in [0.25, 0.3) is 0 Å². The molecule has 3 atom stereocenters. The second-order valence-electron chi connectivity index (χ2n) is 10.8. The molecule has 2 heterocycles. The van der Waals surface area contributed by atoms with Crippen molar-refractivity contribution in [3.8, 4) is 0 Å². The number of amides is 3. The van der Waals surface area contributed by atoms with Crippen molar-refractivity contribution in [3.63, 3.8) is 0 Å². The molecule has 2 aliphatic heterocycles. The molecule has 2 fully saturated rings. The van der Waals surface area contributed by atoms with Crippen LogP contribution in [0.15, 0.2) is 0 Å². The Bertz CT molecular complexity index is 847. The molecule has 270 valence electrons. The van der Waals surface area contributed by atoms with Crippen molar-refractivity contribution in [1.29, 1.82) is 0 Å². The molecular formula is C31H65N3O11. The van der Waals surface area contributed by atoms with E-state index in [9.17, 15) is 28.8 Å². The van der Waals surface area contributed by atoms with Crippen LogP contribution in [0.4, 0.5) is 0 Å². The summed E-state index contributed by atoms with van der Waals surface area (Å²) in [5.41, 5.74) is 4.78. The number of nitrogens with two attached hydrogens (primary N) is 1. The smallest absolute Gasteiger partial charge is 0.317 e. The van der Waals surface area contributed by atoms with Gasteiger partial charge < -0.3 is 36.6 Å². The molecule has 0 aromatic heterocycles. The molecule has 45 heavy (non-hydrogen) atoms. The van der Waals surface area contributed by atoms with E-state index in [1.54, 1.807) is 13.8 Å². The van der Waals surface area contributed by atoms with E-state index in [1.807, 2.05) is 34.6 Å². The average molecular weight is 656 g/mol. The van der Waals surface area contributed by atoms with E-state index in [-0.39, 0.29) is 120 Å². The number of imide groups is 1. The van der Waals surface area contributed by atoms with Crippen molar-refractivity contribution >= 4 is 35.6 Å². The van der Waals surface area contributed by atoms with Gasteiger partial charge in [0.2, 0.25) is 17.7 Å². The molecular weight excluding hydrogens is 590 g/mol. The first-order chi connectivity index (χ1) is 19.1. The maximum atomic E-state index is 11.7. The van der Waals surface area contributed by atoms with E-state index in [0.29, 0.717) is 19.5 Å². The van der Waals surface area contributed by atoms with Gasteiger partial charge in [-0.15, -0.1) is 0 Å². The summed E-state index contributed by atoms with van der Waals surface area (Å²) in [7, 11) is 0. The Morgan fingerprint density at radius 3 is 1.69 bits per heavy atom. The number of hydrogen-bond acceptors (Lipinski definition) is 10. The second-order valence-corrected chi connectivity index (χ2v) is 10.8. The van der Waals surface area contributed by atoms with Crippen LogP contribution in [0.3, 0.4) is 0 Å². The highest BCUT2D eigenvalue weighted by molar-refractivity contribution is 6.03. The first-order valence-corrected chi connectivity index (χ1v) is 14.1.